The Morgan fingerprint density at radius 2 is 1.96 bits per heavy atom. The second kappa shape index (κ2) is 7.05. The molecule has 1 saturated heterocycles. The van der Waals surface area contributed by atoms with Gasteiger partial charge in [-0.2, -0.15) is 0 Å². The Labute approximate surface area is 146 Å². The first-order valence-corrected chi connectivity index (χ1v) is 8.44. The first-order chi connectivity index (χ1) is 12.0. The van der Waals surface area contributed by atoms with Gasteiger partial charge in [0, 0.05) is 24.3 Å². The lowest BCUT2D eigenvalue weighted by atomic mass is 10.1. The van der Waals surface area contributed by atoms with E-state index < -0.39 is 5.92 Å². The van der Waals surface area contributed by atoms with E-state index in [-0.39, 0.29) is 24.1 Å². The molecule has 2 aromatic carbocycles. The van der Waals surface area contributed by atoms with Gasteiger partial charge in [-0.3, -0.25) is 9.59 Å². The minimum absolute atomic E-state index is 0.0699. The second-order valence-electron chi connectivity index (χ2n) is 6.38. The van der Waals surface area contributed by atoms with Gasteiger partial charge in [-0.25, -0.2) is 4.39 Å². The highest BCUT2D eigenvalue weighted by molar-refractivity contribution is 6.03. The maximum atomic E-state index is 13.6. The van der Waals surface area contributed by atoms with E-state index in [0.717, 1.165) is 12.1 Å². The third-order valence-corrected chi connectivity index (χ3v) is 4.59. The van der Waals surface area contributed by atoms with Gasteiger partial charge in [-0.15, -0.1) is 0 Å². The van der Waals surface area contributed by atoms with Crippen molar-refractivity contribution < 1.29 is 14.0 Å². The van der Waals surface area contributed by atoms with E-state index in [4.69, 9.17) is 0 Å². The fraction of sp³-hybridized carbons (Fsp3) is 0.300. The third-order valence-electron chi connectivity index (χ3n) is 4.59. The van der Waals surface area contributed by atoms with Crippen molar-refractivity contribution in [1.82, 2.24) is 0 Å². The van der Waals surface area contributed by atoms with E-state index in [1.54, 1.807) is 24.0 Å². The Kier molecular flexibility index (Phi) is 4.83. The summed E-state index contributed by atoms with van der Waals surface area (Å²) < 4.78 is 13.6. The molecule has 0 aliphatic carbocycles. The van der Waals surface area contributed by atoms with Crippen molar-refractivity contribution in [3.8, 4) is 0 Å². The van der Waals surface area contributed by atoms with Crippen LogP contribution < -0.4 is 10.2 Å². The molecule has 1 fully saturated rings. The van der Waals surface area contributed by atoms with Crippen molar-refractivity contribution in [1.29, 1.82) is 0 Å². The maximum Gasteiger partial charge on any atom is 0.229 e. The predicted molar refractivity (Wildman–Crippen MR) is 96.0 cm³/mol. The van der Waals surface area contributed by atoms with Gasteiger partial charge in [-0.05, 0) is 48.7 Å². The van der Waals surface area contributed by atoms with Gasteiger partial charge in [0.2, 0.25) is 11.8 Å². The zero-order valence-corrected chi connectivity index (χ0v) is 14.4. The summed E-state index contributed by atoms with van der Waals surface area (Å²) in [6.45, 7) is 4.08. The van der Waals surface area contributed by atoms with Crippen molar-refractivity contribution >= 4 is 23.2 Å². The van der Waals surface area contributed by atoms with Crippen molar-refractivity contribution in [3.63, 3.8) is 0 Å². The van der Waals surface area contributed by atoms with Crippen molar-refractivity contribution in [2.75, 3.05) is 16.8 Å². The number of carbonyl (C=O) groups is 2. The van der Waals surface area contributed by atoms with Crippen LogP contribution in [0.15, 0.2) is 42.5 Å². The first-order valence-electron chi connectivity index (χ1n) is 8.44. The van der Waals surface area contributed by atoms with Crippen molar-refractivity contribution in [2.24, 2.45) is 5.92 Å². The Morgan fingerprint density at radius 3 is 2.60 bits per heavy atom. The first kappa shape index (κ1) is 17.1. The van der Waals surface area contributed by atoms with Gasteiger partial charge in [0.25, 0.3) is 0 Å². The minimum Gasteiger partial charge on any atom is -0.326 e. The highest BCUT2D eigenvalue weighted by Gasteiger charge is 2.35. The van der Waals surface area contributed by atoms with Gasteiger partial charge < -0.3 is 10.2 Å². The number of anilines is 2. The molecule has 1 heterocycles. The number of aryl methyl sites for hydroxylation is 2. The average molecular weight is 340 g/mol. The summed E-state index contributed by atoms with van der Waals surface area (Å²) >= 11 is 0. The lowest BCUT2D eigenvalue weighted by Gasteiger charge is -2.17. The summed E-state index contributed by atoms with van der Waals surface area (Å²) in [4.78, 5) is 26.3. The summed E-state index contributed by atoms with van der Waals surface area (Å²) in [5.41, 5.74) is 2.94. The molecule has 1 atom stereocenters. The van der Waals surface area contributed by atoms with Crippen LogP contribution in [-0.2, 0) is 16.0 Å². The molecule has 0 spiro atoms. The molecule has 0 saturated carbocycles. The van der Waals surface area contributed by atoms with E-state index >= 15 is 0 Å². The fourth-order valence-electron chi connectivity index (χ4n) is 2.96. The quantitative estimate of drug-likeness (QED) is 0.923. The Bertz CT molecular complexity index is 802. The largest absolute Gasteiger partial charge is 0.326 e. The van der Waals surface area contributed by atoms with Gasteiger partial charge in [0.1, 0.15) is 5.82 Å². The molecule has 4 nitrogen and oxygen atoms in total. The van der Waals surface area contributed by atoms with Gasteiger partial charge in [0.15, 0.2) is 0 Å². The van der Waals surface area contributed by atoms with Gasteiger partial charge >= 0.3 is 0 Å². The van der Waals surface area contributed by atoms with Crippen LogP contribution in [0.2, 0.25) is 0 Å². The lowest BCUT2D eigenvalue weighted by Crippen LogP contribution is -2.28. The van der Waals surface area contributed by atoms with E-state index in [0.29, 0.717) is 17.8 Å². The molecular weight excluding hydrogens is 319 g/mol. The van der Waals surface area contributed by atoms with E-state index in [2.05, 4.69) is 12.2 Å². The van der Waals surface area contributed by atoms with Gasteiger partial charge in [0.05, 0.1) is 5.92 Å². The molecule has 1 aliphatic rings. The maximum absolute atomic E-state index is 13.6. The number of hydrogen-bond donors (Lipinski definition) is 1. The number of carbonyl (C=O) groups excluding carboxylic acids is 2. The zero-order chi connectivity index (χ0) is 18.0. The van der Waals surface area contributed by atoms with Crippen LogP contribution in [0, 0.1) is 18.7 Å². The smallest absolute Gasteiger partial charge is 0.229 e. The SMILES string of the molecule is CCc1ccc(N2C[C@@H](C(=O)Nc3ccc(C)c(F)c3)CC2=O)cc1. The van der Waals surface area contributed by atoms with Crippen LogP contribution in [0.25, 0.3) is 0 Å². The molecule has 0 bridgehead atoms. The van der Waals surface area contributed by atoms with Crippen LogP contribution in [0.1, 0.15) is 24.5 Å². The number of nitrogens with zero attached hydrogens (tertiary/aromatic N) is 1. The number of hydrogen-bond acceptors (Lipinski definition) is 2. The topological polar surface area (TPSA) is 49.4 Å². The minimum atomic E-state index is -0.442. The van der Waals surface area contributed by atoms with Crippen LogP contribution in [0.5, 0.6) is 0 Å². The van der Waals surface area contributed by atoms with Gasteiger partial charge in [-0.1, -0.05) is 25.1 Å². The summed E-state index contributed by atoms with van der Waals surface area (Å²) in [5.74, 6) is -1.13. The molecule has 2 aromatic rings. The van der Waals surface area contributed by atoms with E-state index in [1.807, 2.05) is 24.3 Å². The standard InChI is InChI=1S/C20H21FN2O2/c1-3-14-5-8-17(9-6-14)23-12-15(10-19(23)24)20(25)22-16-7-4-13(2)18(21)11-16/h4-9,11,15H,3,10,12H2,1-2H3,(H,22,25)/t15-/m0/s1. The third kappa shape index (κ3) is 3.71. The molecule has 3 rings (SSSR count). The number of rotatable bonds is 4. The zero-order valence-electron chi connectivity index (χ0n) is 14.4. The lowest BCUT2D eigenvalue weighted by molar-refractivity contribution is -0.122. The number of benzene rings is 2. The molecule has 0 radical (unpaired) electrons. The molecule has 1 aliphatic heterocycles. The Balaban J connectivity index is 1.68. The molecule has 25 heavy (non-hydrogen) atoms. The molecule has 2 amide bonds. The average Bonchev–Trinajstić information content (AvgIpc) is 3.00. The second-order valence-corrected chi connectivity index (χ2v) is 6.38. The fourth-order valence-corrected chi connectivity index (χ4v) is 2.96. The number of halogens is 1. The summed E-state index contributed by atoms with van der Waals surface area (Å²) in [6, 6.07) is 12.4. The predicted octanol–water partition coefficient (Wildman–Crippen LogP) is 3.69. The summed E-state index contributed by atoms with van der Waals surface area (Å²) in [5, 5.41) is 2.70. The Hall–Kier alpha value is -2.69. The number of amides is 2. The summed E-state index contributed by atoms with van der Waals surface area (Å²) in [6.07, 6.45) is 1.10. The molecule has 5 heteroatoms. The van der Waals surface area contributed by atoms with Crippen LogP contribution in [0.3, 0.4) is 0 Å². The van der Waals surface area contributed by atoms with Crippen molar-refractivity contribution in [3.05, 3.63) is 59.4 Å². The van der Waals surface area contributed by atoms with E-state index in [9.17, 15) is 14.0 Å². The van der Waals surface area contributed by atoms with Crippen LogP contribution in [-0.4, -0.2) is 18.4 Å². The van der Waals surface area contributed by atoms with Crippen LogP contribution >= 0.6 is 0 Å². The Morgan fingerprint density at radius 1 is 1.24 bits per heavy atom. The molecule has 0 unspecified atom stereocenters. The molecule has 130 valence electrons. The molecule has 1 N–H and O–H groups in total. The monoisotopic (exact) mass is 340 g/mol. The highest BCUT2D eigenvalue weighted by Crippen LogP contribution is 2.26. The molecular formula is C20H21FN2O2. The van der Waals surface area contributed by atoms with Crippen molar-refractivity contribution in [2.45, 2.75) is 26.7 Å². The van der Waals surface area contributed by atoms with E-state index in [1.165, 1.54) is 11.6 Å². The molecule has 0 aromatic heterocycles. The number of nitrogens with one attached hydrogen (secondary N) is 1. The van der Waals surface area contributed by atoms with Crippen LogP contribution in [0.4, 0.5) is 15.8 Å². The summed E-state index contributed by atoms with van der Waals surface area (Å²) in [7, 11) is 0. The highest BCUT2D eigenvalue weighted by atomic mass is 19.1. The normalized spacial score (nSPS) is 17.0.